The molecule has 0 aromatic heterocycles. The van der Waals surface area contributed by atoms with E-state index in [1.54, 1.807) is 0 Å². The van der Waals surface area contributed by atoms with Crippen molar-refractivity contribution in [3.8, 4) is 0 Å². The lowest BCUT2D eigenvalue weighted by molar-refractivity contribution is -0.175. The third-order valence-electron chi connectivity index (χ3n) is 8.31. The van der Waals surface area contributed by atoms with E-state index in [0.29, 0.717) is 36.0 Å². The number of ether oxygens (including phenoxy) is 2. The van der Waals surface area contributed by atoms with Crippen LogP contribution < -0.4 is 0 Å². The zero-order valence-corrected chi connectivity index (χ0v) is 19.8. The number of carbonyl (C=O) groups excluding carboxylic acids is 3. The van der Waals surface area contributed by atoms with Crippen LogP contribution in [0.4, 0.5) is 0 Å². The van der Waals surface area contributed by atoms with Crippen molar-refractivity contribution in [2.24, 2.45) is 35.0 Å². The van der Waals surface area contributed by atoms with E-state index in [1.807, 2.05) is 20.8 Å². The molecule has 0 aromatic carbocycles. The maximum Gasteiger partial charge on any atom is 0.377 e. The minimum Gasteiger partial charge on any atom is -0.462 e. The lowest BCUT2D eigenvalue weighted by atomic mass is 9.58. The third-order valence-corrected chi connectivity index (χ3v) is 8.31. The summed E-state index contributed by atoms with van der Waals surface area (Å²) in [5.74, 6) is 0.428. The fraction of sp³-hybridized carbons (Fsp3) is 0.880. The number of esters is 2. The number of fused-ring (bicyclic) bond motifs is 1. The van der Waals surface area contributed by atoms with Crippen LogP contribution in [0.15, 0.2) is 0 Å². The average molecular weight is 437 g/mol. The van der Waals surface area contributed by atoms with Gasteiger partial charge < -0.3 is 14.6 Å². The van der Waals surface area contributed by atoms with Gasteiger partial charge in [-0.2, -0.15) is 0 Å². The quantitative estimate of drug-likeness (QED) is 0.499. The second-order valence-corrected chi connectivity index (χ2v) is 11.0. The van der Waals surface area contributed by atoms with E-state index in [0.717, 1.165) is 25.7 Å². The van der Waals surface area contributed by atoms with Crippen molar-refractivity contribution >= 4 is 17.7 Å². The highest BCUT2D eigenvalue weighted by Gasteiger charge is 2.48. The Labute approximate surface area is 186 Å². The molecule has 3 fully saturated rings. The van der Waals surface area contributed by atoms with Gasteiger partial charge in [-0.3, -0.25) is 9.59 Å². The molecule has 1 heterocycles. The van der Waals surface area contributed by atoms with E-state index in [-0.39, 0.29) is 18.5 Å². The van der Waals surface area contributed by atoms with Gasteiger partial charge >= 0.3 is 11.9 Å². The van der Waals surface area contributed by atoms with Gasteiger partial charge in [-0.05, 0) is 76.0 Å². The number of cyclic esters (lactones) is 1. The summed E-state index contributed by atoms with van der Waals surface area (Å²) in [5, 5.41) is 9.86. The molecule has 6 nitrogen and oxygen atoms in total. The van der Waals surface area contributed by atoms with E-state index >= 15 is 0 Å². The molecule has 3 aliphatic rings. The first kappa shape index (κ1) is 24.2. The Hall–Kier alpha value is -1.43. The predicted molar refractivity (Wildman–Crippen MR) is 116 cm³/mol. The zero-order chi connectivity index (χ0) is 22.9. The minimum absolute atomic E-state index is 0.0686. The molecule has 0 bridgehead atoms. The van der Waals surface area contributed by atoms with Crippen LogP contribution in [0.1, 0.15) is 86.0 Å². The summed E-state index contributed by atoms with van der Waals surface area (Å²) >= 11 is 0. The molecule has 0 spiro atoms. The molecule has 6 heteroatoms. The fourth-order valence-electron chi connectivity index (χ4n) is 5.98. The van der Waals surface area contributed by atoms with Gasteiger partial charge in [0.2, 0.25) is 0 Å². The maximum absolute atomic E-state index is 12.9. The van der Waals surface area contributed by atoms with E-state index in [9.17, 15) is 19.5 Å². The highest BCUT2D eigenvalue weighted by Crippen LogP contribution is 2.51. The Morgan fingerprint density at radius 2 is 1.84 bits per heavy atom. The summed E-state index contributed by atoms with van der Waals surface area (Å²) in [4.78, 5) is 36.1. The Bertz CT molecular complexity index is 685. The largest absolute Gasteiger partial charge is 0.462 e. The lowest BCUT2D eigenvalue weighted by Gasteiger charge is -2.50. The first-order chi connectivity index (χ1) is 14.5. The lowest BCUT2D eigenvalue weighted by Crippen LogP contribution is -2.48. The highest BCUT2D eigenvalue weighted by molar-refractivity contribution is 6.35. The van der Waals surface area contributed by atoms with Crippen molar-refractivity contribution < 1.29 is 29.0 Å². The molecule has 0 radical (unpaired) electrons. The van der Waals surface area contributed by atoms with Crippen molar-refractivity contribution in [3.63, 3.8) is 0 Å². The highest BCUT2D eigenvalue weighted by atomic mass is 16.6. The van der Waals surface area contributed by atoms with Gasteiger partial charge in [-0.15, -0.1) is 0 Å². The summed E-state index contributed by atoms with van der Waals surface area (Å²) in [6, 6.07) is 0. The second kappa shape index (κ2) is 9.60. The van der Waals surface area contributed by atoms with Gasteiger partial charge in [0.15, 0.2) is 0 Å². The predicted octanol–water partition coefficient (Wildman–Crippen LogP) is 4.07. The summed E-state index contributed by atoms with van der Waals surface area (Å²) < 4.78 is 11.5. The van der Waals surface area contributed by atoms with Gasteiger partial charge in [0, 0.05) is 12.3 Å². The first-order valence-corrected chi connectivity index (χ1v) is 12.2. The molecule has 0 aromatic rings. The third kappa shape index (κ3) is 5.32. The number of aliphatic hydroxyl groups excluding tert-OH is 1. The fourth-order valence-corrected chi connectivity index (χ4v) is 5.98. The number of aliphatic hydroxyl groups is 1. The average Bonchev–Trinajstić information content (AvgIpc) is 2.71. The van der Waals surface area contributed by atoms with Crippen LogP contribution in [0.3, 0.4) is 0 Å². The van der Waals surface area contributed by atoms with Crippen molar-refractivity contribution in [3.05, 3.63) is 0 Å². The van der Waals surface area contributed by atoms with Crippen LogP contribution in [0, 0.1) is 35.0 Å². The van der Waals surface area contributed by atoms with E-state index in [2.05, 4.69) is 13.8 Å². The number of ketones is 1. The van der Waals surface area contributed by atoms with Gasteiger partial charge in [0.25, 0.3) is 5.78 Å². The van der Waals surface area contributed by atoms with Crippen LogP contribution >= 0.6 is 0 Å². The Morgan fingerprint density at radius 3 is 2.48 bits per heavy atom. The summed E-state index contributed by atoms with van der Waals surface area (Å²) in [6.45, 7) is 10.5. The van der Waals surface area contributed by atoms with Crippen LogP contribution in [-0.2, 0) is 23.9 Å². The minimum atomic E-state index is -1.25. The smallest absolute Gasteiger partial charge is 0.377 e. The maximum atomic E-state index is 12.9. The normalized spacial score (nSPS) is 38.9. The van der Waals surface area contributed by atoms with E-state index in [4.69, 9.17) is 9.47 Å². The van der Waals surface area contributed by atoms with Crippen molar-refractivity contribution in [2.45, 2.75) is 104 Å². The Balaban J connectivity index is 1.72. The number of Topliss-reactive ketones (excluding diaryl/α,β-unsaturated/α-hetero) is 1. The van der Waals surface area contributed by atoms with Crippen LogP contribution in [0.5, 0.6) is 0 Å². The first-order valence-electron chi connectivity index (χ1n) is 12.2. The second-order valence-electron chi connectivity index (χ2n) is 11.0. The van der Waals surface area contributed by atoms with Crippen molar-refractivity contribution in [1.82, 2.24) is 0 Å². The van der Waals surface area contributed by atoms with Crippen molar-refractivity contribution in [1.29, 1.82) is 0 Å². The van der Waals surface area contributed by atoms with Crippen LogP contribution in [0.2, 0.25) is 0 Å². The summed E-state index contributed by atoms with van der Waals surface area (Å²) in [5.41, 5.74) is -0.481. The molecule has 0 amide bonds. The Morgan fingerprint density at radius 1 is 1.13 bits per heavy atom. The van der Waals surface area contributed by atoms with E-state index in [1.165, 1.54) is 12.8 Å². The topological polar surface area (TPSA) is 89.9 Å². The number of carbonyl (C=O) groups is 3. The number of hydrogen-bond donors (Lipinski definition) is 1. The van der Waals surface area contributed by atoms with Gasteiger partial charge in [0.1, 0.15) is 18.3 Å². The molecule has 1 N–H and O–H groups in total. The standard InChI is InChI=1S/C25H40O6/c1-6-25(4,5)24(29)31-20-12-14(2)11-16-8-7-15(3)18(21(16)20)10-9-17-13-19(26)22(27)23(28)30-17/h14-21,26H,6-13H2,1-5H3/t14-,15-,16-,17+,18-,19+,20-,21-/m0/s1. The SMILES string of the molecule is CCC(C)(C)C(=O)O[C@H]1C[C@@H](C)C[C@@H]2CC[C@H](C)[C@H](CC[C@@H]3C[C@@H](O)C(=O)C(=O)O3)[C@H]21. The molecule has 8 atom stereocenters. The zero-order valence-electron chi connectivity index (χ0n) is 19.8. The molecule has 31 heavy (non-hydrogen) atoms. The van der Waals surface area contributed by atoms with Gasteiger partial charge in [0.05, 0.1) is 5.41 Å². The van der Waals surface area contributed by atoms with Gasteiger partial charge in [-0.1, -0.05) is 27.2 Å². The van der Waals surface area contributed by atoms with Crippen molar-refractivity contribution in [2.75, 3.05) is 0 Å². The molecule has 3 rings (SSSR count). The molecule has 176 valence electrons. The monoisotopic (exact) mass is 436 g/mol. The van der Waals surface area contributed by atoms with E-state index < -0.39 is 29.4 Å². The number of hydrogen-bond acceptors (Lipinski definition) is 6. The summed E-state index contributed by atoms with van der Waals surface area (Å²) in [6.07, 6.45) is 5.07. The number of rotatable bonds is 6. The Kier molecular flexibility index (Phi) is 7.50. The van der Waals surface area contributed by atoms with Crippen LogP contribution in [-0.4, -0.2) is 41.1 Å². The molecule has 1 aliphatic heterocycles. The molecule has 0 unspecified atom stereocenters. The molecular formula is C25H40O6. The summed E-state index contributed by atoms with van der Waals surface area (Å²) in [7, 11) is 0. The van der Waals surface area contributed by atoms with Crippen LogP contribution in [0.25, 0.3) is 0 Å². The molecule has 2 saturated carbocycles. The molecular weight excluding hydrogens is 396 g/mol. The molecule has 1 saturated heterocycles. The molecule has 2 aliphatic carbocycles. The van der Waals surface area contributed by atoms with Gasteiger partial charge in [-0.25, -0.2) is 4.79 Å².